The van der Waals surface area contributed by atoms with Crippen molar-refractivity contribution in [2.24, 2.45) is 5.92 Å². The highest BCUT2D eigenvalue weighted by Crippen LogP contribution is 2.33. The van der Waals surface area contributed by atoms with Crippen LogP contribution in [-0.4, -0.2) is 62.8 Å². The third-order valence-corrected chi connectivity index (χ3v) is 7.82. The number of piperidine rings is 2. The molecule has 2 atom stereocenters. The normalized spacial score (nSPS) is 24.0. The fourth-order valence-corrected chi connectivity index (χ4v) is 5.96. The quantitative estimate of drug-likeness (QED) is 0.370. The Balaban J connectivity index is 1.36. The van der Waals surface area contributed by atoms with Crippen molar-refractivity contribution >= 4 is 28.4 Å². The molecule has 0 aliphatic carbocycles. The van der Waals surface area contributed by atoms with Gasteiger partial charge in [-0.15, -0.1) is 0 Å². The number of rotatable bonds is 8. The zero-order chi connectivity index (χ0) is 24.2. The summed E-state index contributed by atoms with van der Waals surface area (Å²) in [5.41, 5.74) is 1.94. The summed E-state index contributed by atoms with van der Waals surface area (Å²) in [6.45, 7) is 10.3. The number of likely N-dealkylation sites (tertiary alicyclic amines) is 1. The van der Waals surface area contributed by atoms with Crippen LogP contribution in [-0.2, 0) is 0 Å². The van der Waals surface area contributed by atoms with E-state index in [1.807, 2.05) is 31.3 Å². The first kappa shape index (κ1) is 24.0. The van der Waals surface area contributed by atoms with E-state index in [0.717, 1.165) is 52.8 Å². The second-order valence-electron chi connectivity index (χ2n) is 10.3. The number of aryl methyl sites for hydroxylation is 1. The third kappa shape index (κ3) is 5.59. The molecular formula is C27H40N8. The maximum Gasteiger partial charge on any atom is 0.153 e. The molecule has 3 aromatic rings. The van der Waals surface area contributed by atoms with Crippen molar-refractivity contribution in [2.45, 2.75) is 77.4 Å². The summed E-state index contributed by atoms with van der Waals surface area (Å²) in [6, 6.07) is 9.69. The third-order valence-electron chi connectivity index (χ3n) is 7.82. The number of H-pyrrole nitrogens is 1. The van der Waals surface area contributed by atoms with Gasteiger partial charge in [0.05, 0.1) is 5.52 Å². The van der Waals surface area contributed by atoms with E-state index in [-0.39, 0.29) is 0 Å². The minimum Gasteiger partial charge on any atom is -0.367 e. The number of aromatic amines is 1. The molecule has 0 aromatic carbocycles. The zero-order valence-corrected chi connectivity index (χ0v) is 21.3. The first-order valence-corrected chi connectivity index (χ1v) is 13.4. The number of nitrogens with zero attached hydrogens (tertiary/aromatic N) is 4. The van der Waals surface area contributed by atoms with Gasteiger partial charge in [0.2, 0.25) is 0 Å². The molecule has 2 fully saturated rings. The molecule has 5 rings (SSSR count). The number of hydrogen-bond donors (Lipinski definition) is 4. The highest BCUT2D eigenvalue weighted by Gasteiger charge is 2.35. The average molecular weight is 477 g/mol. The summed E-state index contributed by atoms with van der Waals surface area (Å²) in [6.07, 6.45) is 9.14. The Morgan fingerprint density at radius 1 is 1.06 bits per heavy atom. The van der Waals surface area contributed by atoms with Crippen LogP contribution in [0.15, 0.2) is 30.5 Å². The van der Waals surface area contributed by atoms with Crippen molar-refractivity contribution in [1.82, 2.24) is 30.4 Å². The number of nitrogens with one attached hydrogen (secondary N) is 4. The minimum absolute atomic E-state index is 0.396. The Bertz CT molecular complexity index is 1090. The molecule has 0 amide bonds. The summed E-state index contributed by atoms with van der Waals surface area (Å²) < 4.78 is 0. The van der Waals surface area contributed by atoms with Gasteiger partial charge >= 0.3 is 0 Å². The van der Waals surface area contributed by atoms with Gasteiger partial charge in [0.25, 0.3) is 0 Å². The van der Waals surface area contributed by atoms with Gasteiger partial charge in [-0.05, 0) is 76.6 Å². The molecule has 35 heavy (non-hydrogen) atoms. The van der Waals surface area contributed by atoms with Crippen molar-refractivity contribution in [2.75, 3.05) is 30.3 Å². The summed E-state index contributed by atoms with van der Waals surface area (Å²) in [5, 5.41) is 19.1. The number of fused-ring (bicyclic) bond motifs is 1. The van der Waals surface area contributed by atoms with E-state index in [1.165, 1.54) is 45.3 Å². The number of hydrogen-bond acceptors (Lipinski definition) is 7. The van der Waals surface area contributed by atoms with Gasteiger partial charge in [0.15, 0.2) is 5.82 Å². The lowest BCUT2D eigenvalue weighted by atomic mass is 9.86. The highest BCUT2D eigenvalue weighted by atomic mass is 15.2. The van der Waals surface area contributed by atoms with Crippen LogP contribution in [0.5, 0.6) is 0 Å². The van der Waals surface area contributed by atoms with Gasteiger partial charge in [0.1, 0.15) is 11.6 Å². The summed E-state index contributed by atoms with van der Waals surface area (Å²) in [4.78, 5) is 12.4. The molecule has 0 spiro atoms. The Hall–Kier alpha value is -2.71. The Morgan fingerprint density at radius 3 is 2.51 bits per heavy atom. The van der Waals surface area contributed by atoms with Crippen molar-refractivity contribution in [3.05, 3.63) is 36.2 Å². The highest BCUT2D eigenvalue weighted by molar-refractivity contribution is 5.91. The van der Waals surface area contributed by atoms with Crippen molar-refractivity contribution < 1.29 is 0 Å². The van der Waals surface area contributed by atoms with E-state index < -0.39 is 0 Å². The van der Waals surface area contributed by atoms with E-state index in [9.17, 15) is 0 Å². The molecule has 2 saturated heterocycles. The second-order valence-corrected chi connectivity index (χ2v) is 10.3. The maximum atomic E-state index is 4.98. The van der Waals surface area contributed by atoms with Crippen LogP contribution in [0.25, 0.3) is 10.9 Å². The lowest BCUT2D eigenvalue weighted by Crippen LogP contribution is -2.54. The Labute approximate surface area is 208 Å². The molecule has 5 heterocycles. The first-order chi connectivity index (χ1) is 17.1. The number of pyridine rings is 2. The van der Waals surface area contributed by atoms with Gasteiger partial charge in [0, 0.05) is 54.1 Å². The fraction of sp³-hybridized carbons (Fsp3) is 0.593. The van der Waals surface area contributed by atoms with E-state index in [1.54, 1.807) is 0 Å². The predicted octanol–water partition coefficient (Wildman–Crippen LogP) is 4.84. The smallest absolute Gasteiger partial charge is 0.153 e. The summed E-state index contributed by atoms with van der Waals surface area (Å²) in [7, 11) is 0. The maximum absolute atomic E-state index is 4.98. The summed E-state index contributed by atoms with van der Waals surface area (Å²) >= 11 is 0. The van der Waals surface area contributed by atoms with Gasteiger partial charge in [-0.25, -0.2) is 4.98 Å². The molecular weight excluding hydrogens is 436 g/mol. The molecule has 0 radical (unpaired) electrons. The predicted molar refractivity (Wildman–Crippen MR) is 143 cm³/mol. The standard InChI is InChI=1S/C27H40N8/c1-4-21-14-20(15-22(5-2)35(21)17-19-8-11-28-12-9-19)30-27-23-7-6-10-29-24(23)16-25(32-27)31-26-13-18(3)33-34-26/h6-7,10,13,16,19-22,28H,4-5,8-9,11-12,14-15,17H2,1-3H3,(H3,30,31,32,33,34). The van der Waals surface area contributed by atoms with Crippen molar-refractivity contribution in [1.29, 1.82) is 0 Å². The first-order valence-electron chi connectivity index (χ1n) is 13.4. The van der Waals surface area contributed by atoms with E-state index >= 15 is 0 Å². The van der Waals surface area contributed by atoms with E-state index in [4.69, 9.17) is 4.98 Å². The molecule has 0 saturated carbocycles. The molecule has 8 nitrogen and oxygen atoms in total. The van der Waals surface area contributed by atoms with Crippen LogP contribution in [0, 0.1) is 12.8 Å². The van der Waals surface area contributed by atoms with Crippen LogP contribution < -0.4 is 16.0 Å². The molecule has 2 aliphatic heterocycles. The zero-order valence-electron chi connectivity index (χ0n) is 21.3. The monoisotopic (exact) mass is 476 g/mol. The van der Waals surface area contributed by atoms with Crippen molar-refractivity contribution in [3.8, 4) is 0 Å². The SMILES string of the molecule is CCC1CC(Nc2nc(Nc3cc(C)[nH]n3)cc3ncccc23)CC(CC)N1CC1CCNCC1. The van der Waals surface area contributed by atoms with Crippen LogP contribution in [0.2, 0.25) is 0 Å². The largest absolute Gasteiger partial charge is 0.367 e. The molecule has 0 bridgehead atoms. The molecule has 3 aromatic heterocycles. The molecule has 2 aliphatic rings. The number of aromatic nitrogens is 4. The van der Waals surface area contributed by atoms with Crippen LogP contribution >= 0.6 is 0 Å². The van der Waals surface area contributed by atoms with Gasteiger partial charge in [-0.1, -0.05) is 13.8 Å². The fourth-order valence-electron chi connectivity index (χ4n) is 5.96. The lowest BCUT2D eigenvalue weighted by Gasteiger charge is -2.47. The second kappa shape index (κ2) is 10.9. The molecule has 2 unspecified atom stereocenters. The van der Waals surface area contributed by atoms with Gasteiger partial charge in [-0.2, -0.15) is 5.10 Å². The van der Waals surface area contributed by atoms with Gasteiger partial charge < -0.3 is 16.0 Å². The minimum atomic E-state index is 0.396. The lowest BCUT2D eigenvalue weighted by molar-refractivity contribution is 0.0495. The Morgan fingerprint density at radius 2 is 1.83 bits per heavy atom. The van der Waals surface area contributed by atoms with E-state index in [0.29, 0.717) is 18.1 Å². The Kier molecular flexibility index (Phi) is 7.48. The molecule has 4 N–H and O–H groups in total. The van der Waals surface area contributed by atoms with Crippen LogP contribution in [0.3, 0.4) is 0 Å². The average Bonchev–Trinajstić information content (AvgIpc) is 3.29. The molecule has 8 heteroatoms. The topological polar surface area (TPSA) is 93.8 Å². The van der Waals surface area contributed by atoms with Crippen LogP contribution in [0.1, 0.15) is 58.1 Å². The summed E-state index contributed by atoms with van der Waals surface area (Å²) in [5.74, 6) is 3.26. The van der Waals surface area contributed by atoms with E-state index in [2.05, 4.69) is 55.9 Å². The van der Waals surface area contributed by atoms with Crippen LogP contribution in [0.4, 0.5) is 17.5 Å². The van der Waals surface area contributed by atoms with Crippen molar-refractivity contribution in [3.63, 3.8) is 0 Å². The molecule has 188 valence electrons. The number of anilines is 3. The van der Waals surface area contributed by atoms with Gasteiger partial charge in [-0.3, -0.25) is 15.0 Å².